The molecule has 2 unspecified atom stereocenters. The number of carbonyl (C=O) groups excluding carboxylic acids is 2. The zero-order chi connectivity index (χ0) is 64.2. The van der Waals surface area contributed by atoms with Gasteiger partial charge in [0.2, 0.25) is 5.91 Å². The maximum atomic E-state index is 12.6. The molecule has 1 amide bonds. The lowest BCUT2D eigenvalue weighted by Crippen LogP contribution is -2.45. The summed E-state index contributed by atoms with van der Waals surface area (Å²) < 4.78 is 5.50. The monoisotopic (exact) mass is 1250 g/mol. The van der Waals surface area contributed by atoms with E-state index >= 15 is 0 Å². The number of amides is 1. The lowest BCUT2D eigenvalue weighted by Gasteiger charge is -2.22. The van der Waals surface area contributed by atoms with Crippen molar-refractivity contribution in [1.29, 1.82) is 0 Å². The number of aliphatic hydroxyl groups excluding tert-OH is 2. The van der Waals surface area contributed by atoms with Crippen molar-refractivity contribution in [3.05, 3.63) is 24.3 Å². The highest BCUT2D eigenvalue weighted by molar-refractivity contribution is 5.76. The molecule has 0 saturated carbocycles. The Balaban J connectivity index is 3.33. The molecular weight excluding hydrogens is 1090 g/mol. The van der Waals surface area contributed by atoms with Gasteiger partial charge in [0.15, 0.2) is 0 Å². The molecule has 0 aromatic rings. The van der Waals surface area contributed by atoms with Crippen LogP contribution in [0.5, 0.6) is 0 Å². The zero-order valence-electron chi connectivity index (χ0n) is 60.7. The molecule has 89 heavy (non-hydrogen) atoms. The Labute approximate surface area is 558 Å². The standard InChI is InChI=1S/C83H161NO5/c1-3-5-7-9-11-13-15-17-19-20-21-41-44-48-51-55-59-63-67-71-75-81(86)80(79-85)84-82(87)76-72-68-64-60-56-52-49-45-42-39-37-35-33-31-29-27-25-23-22-24-26-28-30-32-34-36-38-40-43-46-50-54-58-62-66-70-74-78-89-83(88)77-73-69-65-61-57-53-47-18-16-14-12-10-8-6-4-2/h18,22,24,47,80-81,85-86H,3-17,19-21,23,25-46,48-79H2,1-2H3,(H,84,87)/b24-22-,47-18-. The first-order valence-electron chi connectivity index (χ1n) is 41.1. The van der Waals surface area contributed by atoms with Crippen molar-refractivity contribution in [3.8, 4) is 0 Å². The molecule has 528 valence electrons. The average Bonchev–Trinajstić information content (AvgIpc) is 3.63. The van der Waals surface area contributed by atoms with Crippen molar-refractivity contribution in [2.75, 3.05) is 13.2 Å². The van der Waals surface area contributed by atoms with Crippen LogP contribution in [-0.4, -0.2) is 47.4 Å². The molecule has 6 heteroatoms. The molecule has 0 rings (SSSR count). The predicted octanol–water partition coefficient (Wildman–Crippen LogP) is 27.2. The average molecular weight is 1250 g/mol. The summed E-state index contributed by atoms with van der Waals surface area (Å²) >= 11 is 0. The summed E-state index contributed by atoms with van der Waals surface area (Å²) in [6.45, 7) is 5.00. The van der Waals surface area contributed by atoms with Crippen LogP contribution in [-0.2, 0) is 14.3 Å². The van der Waals surface area contributed by atoms with Crippen molar-refractivity contribution in [3.63, 3.8) is 0 Å². The SMILES string of the molecule is CCCCCCCC/C=C\CCCCCCCC(=O)OCCCCCCCCCCCCCCCCCC/C=C\CCCCCCCCCCCCCCCCCCCC(=O)NC(CO)C(O)CCCCCCCCCCCCCCCCCCCCCC. The van der Waals surface area contributed by atoms with Gasteiger partial charge in [-0.2, -0.15) is 0 Å². The van der Waals surface area contributed by atoms with Gasteiger partial charge in [-0.25, -0.2) is 0 Å². The predicted molar refractivity (Wildman–Crippen MR) is 393 cm³/mol. The van der Waals surface area contributed by atoms with Gasteiger partial charge < -0.3 is 20.3 Å². The lowest BCUT2D eigenvalue weighted by molar-refractivity contribution is -0.143. The van der Waals surface area contributed by atoms with Crippen LogP contribution in [0.4, 0.5) is 0 Å². The van der Waals surface area contributed by atoms with Crippen LogP contribution in [0.25, 0.3) is 0 Å². The number of nitrogens with one attached hydrogen (secondary N) is 1. The van der Waals surface area contributed by atoms with Crippen LogP contribution in [0.1, 0.15) is 470 Å². The third-order valence-corrected chi connectivity index (χ3v) is 19.5. The van der Waals surface area contributed by atoms with Crippen LogP contribution in [0.15, 0.2) is 24.3 Å². The number of hydrogen-bond donors (Lipinski definition) is 3. The van der Waals surface area contributed by atoms with Crippen molar-refractivity contribution in [1.82, 2.24) is 5.32 Å². The van der Waals surface area contributed by atoms with Gasteiger partial charge in [0.25, 0.3) is 0 Å². The maximum Gasteiger partial charge on any atom is 0.305 e. The molecular formula is C83H161NO5. The summed E-state index contributed by atoms with van der Waals surface area (Å²) in [5.74, 6) is -0.0112. The molecule has 0 aromatic heterocycles. The minimum atomic E-state index is -0.662. The van der Waals surface area contributed by atoms with E-state index in [0.29, 0.717) is 25.9 Å². The number of aliphatic hydroxyl groups is 2. The Morgan fingerprint density at radius 3 is 0.798 bits per heavy atom. The highest BCUT2D eigenvalue weighted by atomic mass is 16.5. The van der Waals surface area contributed by atoms with Gasteiger partial charge >= 0.3 is 5.97 Å². The molecule has 0 saturated heterocycles. The van der Waals surface area contributed by atoms with E-state index in [9.17, 15) is 19.8 Å². The number of rotatable bonds is 78. The fourth-order valence-electron chi connectivity index (χ4n) is 13.2. The van der Waals surface area contributed by atoms with Gasteiger partial charge in [0.1, 0.15) is 0 Å². The molecule has 0 spiro atoms. The Morgan fingerprint density at radius 2 is 0.528 bits per heavy atom. The van der Waals surface area contributed by atoms with E-state index in [1.807, 2.05) is 0 Å². The second-order valence-electron chi connectivity index (χ2n) is 28.5. The molecule has 0 aromatic carbocycles. The van der Waals surface area contributed by atoms with Crippen LogP contribution in [0.2, 0.25) is 0 Å². The molecule has 3 N–H and O–H groups in total. The van der Waals surface area contributed by atoms with E-state index < -0.39 is 12.1 Å². The first-order chi connectivity index (χ1) is 44.0. The number of unbranched alkanes of at least 4 members (excludes halogenated alkanes) is 63. The first kappa shape index (κ1) is 87.3. The van der Waals surface area contributed by atoms with E-state index in [1.54, 1.807) is 0 Å². The highest BCUT2D eigenvalue weighted by Gasteiger charge is 2.20. The number of esters is 1. The maximum absolute atomic E-state index is 12.6. The topological polar surface area (TPSA) is 95.9 Å². The van der Waals surface area contributed by atoms with Crippen LogP contribution in [0, 0.1) is 0 Å². The molecule has 0 aliphatic heterocycles. The quantitative estimate of drug-likeness (QED) is 0.0320. The smallest absolute Gasteiger partial charge is 0.305 e. The number of ether oxygens (including phenoxy) is 1. The number of carbonyl (C=O) groups is 2. The van der Waals surface area contributed by atoms with Crippen molar-refractivity contribution in [2.24, 2.45) is 0 Å². The summed E-state index contributed by atoms with van der Waals surface area (Å²) in [4.78, 5) is 24.6. The molecule has 2 atom stereocenters. The van der Waals surface area contributed by atoms with Gasteiger partial charge in [0, 0.05) is 12.8 Å². The van der Waals surface area contributed by atoms with E-state index in [1.165, 1.54) is 392 Å². The first-order valence-corrected chi connectivity index (χ1v) is 41.1. The van der Waals surface area contributed by atoms with Crippen molar-refractivity contribution in [2.45, 2.75) is 482 Å². The zero-order valence-corrected chi connectivity index (χ0v) is 60.7. The lowest BCUT2D eigenvalue weighted by atomic mass is 10.0. The minimum Gasteiger partial charge on any atom is -0.466 e. The number of hydrogen-bond acceptors (Lipinski definition) is 5. The molecule has 0 fully saturated rings. The molecule has 0 aliphatic carbocycles. The third-order valence-electron chi connectivity index (χ3n) is 19.5. The van der Waals surface area contributed by atoms with Gasteiger partial charge in [-0.05, 0) is 77.0 Å². The molecule has 6 nitrogen and oxygen atoms in total. The molecule has 0 bridgehead atoms. The third kappa shape index (κ3) is 75.3. The highest BCUT2D eigenvalue weighted by Crippen LogP contribution is 2.20. The molecule has 0 aliphatic rings. The Morgan fingerprint density at radius 1 is 0.303 bits per heavy atom. The van der Waals surface area contributed by atoms with Gasteiger partial charge in [-0.15, -0.1) is 0 Å². The van der Waals surface area contributed by atoms with Crippen molar-refractivity contribution < 1.29 is 24.5 Å². The summed E-state index contributed by atoms with van der Waals surface area (Å²) in [5, 5.41) is 23.5. The van der Waals surface area contributed by atoms with E-state index in [-0.39, 0.29) is 18.5 Å². The second kappa shape index (κ2) is 78.8. The van der Waals surface area contributed by atoms with Crippen LogP contribution in [0.3, 0.4) is 0 Å². The number of allylic oxidation sites excluding steroid dienone is 4. The van der Waals surface area contributed by atoms with Gasteiger partial charge in [-0.3, -0.25) is 9.59 Å². The fourth-order valence-corrected chi connectivity index (χ4v) is 13.2. The van der Waals surface area contributed by atoms with Crippen molar-refractivity contribution >= 4 is 11.9 Å². The Hall–Kier alpha value is -1.66. The largest absolute Gasteiger partial charge is 0.466 e. The summed E-state index contributed by atoms with van der Waals surface area (Å²) in [7, 11) is 0. The minimum absolute atomic E-state index is 0.0145. The summed E-state index contributed by atoms with van der Waals surface area (Å²) in [5.41, 5.74) is 0. The van der Waals surface area contributed by atoms with Crippen LogP contribution >= 0.6 is 0 Å². The Bertz CT molecular complexity index is 1400. The molecule has 0 radical (unpaired) electrons. The Kier molecular flexibility index (Phi) is 77.3. The summed E-state index contributed by atoms with van der Waals surface area (Å²) in [6, 6.07) is -0.539. The van der Waals surface area contributed by atoms with Gasteiger partial charge in [0.05, 0.1) is 25.4 Å². The summed E-state index contributed by atoms with van der Waals surface area (Å²) in [6.07, 6.45) is 101. The molecule has 0 heterocycles. The van der Waals surface area contributed by atoms with E-state index in [0.717, 1.165) is 44.9 Å². The normalized spacial score (nSPS) is 12.5. The fraction of sp³-hybridized carbons (Fsp3) is 0.928. The van der Waals surface area contributed by atoms with Gasteiger partial charge in [-0.1, -0.05) is 404 Å². The van der Waals surface area contributed by atoms with E-state index in [2.05, 4.69) is 43.5 Å². The second-order valence-corrected chi connectivity index (χ2v) is 28.5. The van der Waals surface area contributed by atoms with E-state index in [4.69, 9.17) is 4.74 Å². The van der Waals surface area contributed by atoms with Crippen LogP contribution < -0.4 is 5.32 Å².